The Morgan fingerprint density at radius 3 is 2.85 bits per heavy atom. The van der Waals surface area contributed by atoms with Crippen LogP contribution in [-0.4, -0.2) is 30.1 Å². The molecule has 5 unspecified atom stereocenters. The maximum Gasteiger partial charge on any atom is 0.303 e. The average Bonchev–Trinajstić information content (AvgIpc) is 2.92. The molecule has 2 aliphatic rings. The molecule has 0 aromatic heterocycles. The zero-order valence-corrected chi connectivity index (χ0v) is 15.7. The minimum atomic E-state index is -0.489. The highest BCUT2D eigenvalue weighted by Gasteiger charge is 2.53. The lowest BCUT2D eigenvalue weighted by molar-refractivity contribution is -0.151. The van der Waals surface area contributed by atoms with E-state index in [4.69, 9.17) is 9.47 Å². The number of hydrogen-bond donors (Lipinski definition) is 1. The summed E-state index contributed by atoms with van der Waals surface area (Å²) in [5.41, 5.74) is 0.617. The van der Waals surface area contributed by atoms with E-state index in [1.165, 1.54) is 6.92 Å². The largest absolute Gasteiger partial charge is 0.497 e. The lowest BCUT2D eigenvalue weighted by Crippen LogP contribution is -2.44. The van der Waals surface area contributed by atoms with Crippen LogP contribution in [0, 0.1) is 17.3 Å². The van der Waals surface area contributed by atoms with Crippen molar-refractivity contribution in [2.24, 2.45) is 17.3 Å². The lowest BCUT2D eigenvalue weighted by Gasteiger charge is -2.43. The van der Waals surface area contributed by atoms with Crippen molar-refractivity contribution in [1.82, 2.24) is 0 Å². The zero-order chi connectivity index (χ0) is 18.9. The summed E-state index contributed by atoms with van der Waals surface area (Å²) in [6, 6.07) is 7.44. The molecule has 0 saturated heterocycles. The highest BCUT2D eigenvalue weighted by Crippen LogP contribution is 2.55. The number of rotatable bonds is 5. The van der Waals surface area contributed by atoms with Crippen molar-refractivity contribution in [1.29, 1.82) is 0 Å². The number of carbonyl (C=O) groups excluding carboxylic acids is 2. The number of aliphatic hydroxyl groups excluding tert-OH is 1. The maximum absolute atomic E-state index is 12.7. The molecular formula is C21H28O5. The smallest absolute Gasteiger partial charge is 0.303 e. The molecule has 5 nitrogen and oxygen atoms in total. The molecule has 1 aromatic rings. The molecule has 2 saturated carbocycles. The van der Waals surface area contributed by atoms with E-state index in [9.17, 15) is 14.7 Å². The highest BCUT2D eigenvalue weighted by atomic mass is 16.5. The molecule has 2 aliphatic carbocycles. The predicted octanol–water partition coefficient (Wildman–Crippen LogP) is 3.45. The Morgan fingerprint density at radius 2 is 2.15 bits per heavy atom. The second-order valence-corrected chi connectivity index (χ2v) is 7.89. The normalized spacial score (nSPS) is 32.0. The van der Waals surface area contributed by atoms with E-state index in [-0.39, 0.29) is 35.1 Å². The number of benzene rings is 1. The molecule has 0 bridgehead atoms. The lowest BCUT2D eigenvalue weighted by atomic mass is 9.62. The summed E-state index contributed by atoms with van der Waals surface area (Å²) in [5.74, 6) is 0.497. The van der Waals surface area contributed by atoms with Crippen molar-refractivity contribution in [3.8, 4) is 5.75 Å². The summed E-state index contributed by atoms with van der Waals surface area (Å²) >= 11 is 0. The third-order valence-corrected chi connectivity index (χ3v) is 6.41. The van der Waals surface area contributed by atoms with Crippen LogP contribution < -0.4 is 4.74 Å². The van der Waals surface area contributed by atoms with Crippen LogP contribution in [0.1, 0.15) is 57.6 Å². The van der Waals surface area contributed by atoms with E-state index in [0.717, 1.165) is 24.8 Å². The first-order chi connectivity index (χ1) is 12.3. The quantitative estimate of drug-likeness (QED) is 0.814. The number of carbonyl (C=O) groups is 2. The fourth-order valence-corrected chi connectivity index (χ4v) is 4.88. The standard InChI is InChI=1S/C21H28O5/c1-13(22)26-19(14-5-4-6-15(11-14)25-3)12-16-17-7-8-20(24)21(17,2)10-9-18(16)23/h4-6,11,16-17,19-20,24H,7-10,12H2,1-3H3. The number of hydrogen-bond acceptors (Lipinski definition) is 5. The van der Waals surface area contributed by atoms with E-state index in [1.807, 2.05) is 24.3 Å². The molecule has 0 heterocycles. The first kappa shape index (κ1) is 18.9. The monoisotopic (exact) mass is 360 g/mol. The highest BCUT2D eigenvalue weighted by molar-refractivity contribution is 5.82. The van der Waals surface area contributed by atoms with Crippen LogP contribution in [0.15, 0.2) is 24.3 Å². The number of ketones is 1. The molecule has 0 spiro atoms. The molecule has 0 amide bonds. The van der Waals surface area contributed by atoms with Crippen LogP contribution >= 0.6 is 0 Å². The van der Waals surface area contributed by atoms with Gasteiger partial charge in [-0.1, -0.05) is 19.1 Å². The molecule has 1 N–H and O–H groups in total. The van der Waals surface area contributed by atoms with E-state index in [0.29, 0.717) is 18.6 Å². The number of methoxy groups -OCH3 is 1. The van der Waals surface area contributed by atoms with Crippen LogP contribution in [0.5, 0.6) is 5.75 Å². The molecule has 5 atom stereocenters. The zero-order valence-electron chi connectivity index (χ0n) is 15.7. The average molecular weight is 360 g/mol. The topological polar surface area (TPSA) is 72.8 Å². The summed E-state index contributed by atoms with van der Waals surface area (Å²) in [6.45, 7) is 3.49. The van der Waals surface area contributed by atoms with Gasteiger partial charge in [-0.15, -0.1) is 0 Å². The van der Waals surface area contributed by atoms with Crippen molar-refractivity contribution >= 4 is 11.8 Å². The van der Waals surface area contributed by atoms with Gasteiger partial charge < -0.3 is 14.6 Å². The van der Waals surface area contributed by atoms with Crippen molar-refractivity contribution in [3.63, 3.8) is 0 Å². The Labute approximate surface area is 154 Å². The Balaban J connectivity index is 1.87. The fraction of sp³-hybridized carbons (Fsp3) is 0.619. The minimum Gasteiger partial charge on any atom is -0.497 e. The van der Waals surface area contributed by atoms with E-state index in [2.05, 4.69) is 6.92 Å². The summed E-state index contributed by atoms with van der Waals surface area (Å²) in [5, 5.41) is 10.4. The first-order valence-corrected chi connectivity index (χ1v) is 9.37. The molecule has 0 aliphatic heterocycles. The summed E-state index contributed by atoms with van der Waals surface area (Å²) < 4.78 is 10.9. The number of fused-ring (bicyclic) bond motifs is 1. The van der Waals surface area contributed by atoms with Gasteiger partial charge in [0.15, 0.2) is 0 Å². The molecule has 3 rings (SSSR count). The van der Waals surface area contributed by atoms with Crippen molar-refractivity contribution in [2.45, 2.75) is 58.2 Å². The van der Waals surface area contributed by atoms with Gasteiger partial charge >= 0.3 is 5.97 Å². The van der Waals surface area contributed by atoms with Gasteiger partial charge in [-0.25, -0.2) is 0 Å². The van der Waals surface area contributed by atoms with Crippen molar-refractivity contribution < 1.29 is 24.2 Å². The van der Waals surface area contributed by atoms with Gasteiger partial charge in [0.2, 0.25) is 0 Å². The Kier molecular flexibility index (Phi) is 5.37. The second kappa shape index (κ2) is 7.39. The third-order valence-electron chi connectivity index (χ3n) is 6.41. The van der Waals surface area contributed by atoms with Gasteiger partial charge in [-0.05, 0) is 54.7 Å². The summed E-state index contributed by atoms with van der Waals surface area (Å²) in [4.78, 5) is 24.4. The molecule has 142 valence electrons. The number of aliphatic hydroxyl groups is 1. The maximum atomic E-state index is 12.7. The Hall–Kier alpha value is -1.88. The Bertz CT molecular complexity index is 685. The fourth-order valence-electron chi connectivity index (χ4n) is 4.88. The molecule has 26 heavy (non-hydrogen) atoms. The van der Waals surface area contributed by atoms with Gasteiger partial charge in [0.1, 0.15) is 17.6 Å². The van der Waals surface area contributed by atoms with Gasteiger partial charge in [0, 0.05) is 19.3 Å². The van der Waals surface area contributed by atoms with Gasteiger partial charge in [-0.3, -0.25) is 9.59 Å². The van der Waals surface area contributed by atoms with Crippen LogP contribution in [-0.2, 0) is 14.3 Å². The van der Waals surface area contributed by atoms with E-state index >= 15 is 0 Å². The second-order valence-electron chi connectivity index (χ2n) is 7.89. The van der Waals surface area contributed by atoms with Crippen LogP contribution in [0.2, 0.25) is 0 Å². The first-order valence-electron chi connectivity index (χ1n) is 9.37. The summed E-state index contributed by atoms with van der Waals surface area (Å²) in [7, 11) is 1.59. The number of esters is 1. The van der Waals surface area contributed by atoms with Crippen LogP contribution in [0.4, 0.5) is 0 Å². The van der Waals surface area contributed by atoms with Gasteiger partial charge in [0.05, 0.1) is 13.2 Å². The molecule has 0 radical (unpaired) electrons. The third kappa shape index (κ3) is 3.50. The van der Waals surface area contributed by atoms with E-state index < -0.39 is 6.10 Å². The van der Waals surface area contributed by atoms with Gasteiger partial charge in [-0.2, -0.15) is 0 Å². The van der Waals surface area contributed by atoms with Gasteiger partial charge in [0.25, 0.3) is 0 Å². The van der Waals surface area contributed by atoms with E-state index in [1.54, 1.807) is 7.11 Å². The molecule has 1 aromatic carbocycles. The van der Waals surface area contributed by atoms with Crippen molar-refractivity contribution in [2.75, 3.05) is 7.11 Å². The SMILES string of the molecule is COc1cccc(C(CC2C(=O)CCC3(C)C(O)CCC23)OC(C)=O)c1. The van der Waals surface area contributed by atoms with Crippen LogP contribution in [0.3, 0.4) is 0 Å². The molecule has 5 heteroatoms. The van der Waals surface area contributed by atoms with Crippen LogP contribution in [0.25, 0.3) is 0 Å². The number of Topliss-reactive ketones (excluding diaryl/α,β-unsaturated/α-hetero) is 1. The molecular weight excluding hydrogens is 332 g/mol. The Morgan fingerprint density at radius 1 is 1.38 bits per heavy atom. The number of ether oxygens (including phenoxy) is 2. The summed E-state index contributed by atoms with van der Waals surface area (Å²) in [6.07, 6.45) is 2.43. The molecule has 2 fully saturated rings. The minimum absolute atomic E-state index is 0.141. The van der Waals surface area contributed by atoms with Crippen molar-refractivity contribution in [3.05, 3.63) is 29.8 Å². The predicted molar refractivity (Wildman–Crippen MR) is 96.7 cm³/mol.